The Morgan fingerprint density at radius 2 is 2.09 bits per heavy atom. The highest BCUT2D eigenvalue weighted by molar-refractivity contribution is 5.87. The van der Waals surface area contributed by atoms with Gasteiger partial charge in [-0.1, -0.05) is 30.3 Å². The van der Waals surface area contributed by atoms with Crippen LogP contribution in [0.2, 0.25) is 0 Å². The molecule has 0 spiro atoms. The van der Waals surface area contributed by atoms with Crippen molar-refractivity contribution in [1.82, 2.24) is 15.8 Å². The summed E-state index contributed by atoms with van der Waals surface area (Å²) < 4.78 is 4.64. The molecule has 124 valence electrons. The Labute approximate surface area is 135 Å². The van der Waals surface area contributed by atoms with Crippen molar-refractivity contribution in [2.75, 3.05) is 20.2 Å². The van der Waals surface area contributed by atoms with Gasteiger partial charge in [0.1, 0.15) is 0 Å². The van der Waals surface area contributed by atoms with Crippen LogP contribution >= 0.6 is 0 Å². The minimum Gasteiger partial charge on any atom is -0.469 e. The summed E-state index contributed by atoms with van der Waals surface area (Å²) >= 11 is 0. The maximum absolute atomic E-state index is 12.1. The number of hydrogen-bond donors (Lipinski definition) is 2. The third-order valence-corrected chi connectivity index (χ3v) is 3.64. The van der Waals surface area contributed by atoms with E-state index >= 15 is 0 Å². The summed E-state index contributed by atoms with van der Waals surface area (Å²) in [6.45, 7) is 0.603. The van der Waals surface area contributed by atoms with Crippen LogP contribution < -0.4 is 10.7 Å². The van der Waals surface area contributed by atoms with Crippen LogP contribution in [0.5, 0.6) is 0 Å². The number of benzene rings is 1. The van der Waals surface area contributed by atoms with E-state index in [-0.39, 0.29) is 18.9 Å². The fraction of sp³-hybridized carbons (Fsp3) is 0.438. The molecule has 1 fully saturated rings. The lowest BCUT2D eigenvalue weighted by Crippen LogP contribution is -2.57. The predicted molar refractivity (Wildman–Crippen MR) is 83.1 cm³/mol. The fourth-order valence-electron chi connectivity index (χ4n) is 2.44. The summed E-state index contributed by atoms with van der Waals surface area (Å²) in [6.07, 6.45) is 1.68. The van der Waals surface area contributed by atoms with E-state index in [1.165, 1.54) is 12.7 Å². The number of esters is 1. The Morgan fingerprint density at radius 1 is 1.35 bits per heavy atom. The zero-order valence-electron chi connectivity index (χ0n) is 13.1. The highest BCUT2D eigenvalue weighted by atomic mass is 16.5. The first-order valence-electron chi connectivity index (χ1n) is 7.56. The first-order chi connectivity index (χ1) is 11.1. The molecule has 1 atom stereocenters. The van der Waals surface area contributed by atoms with E-state index in [0.717, 1.165) is 17.9 Å². The van der Waals surface area contributed by atoms with E-state index in [4.69, 9.17) is 0 Å². The molecule has 1 unspecified atom stereocenters. The van der Waals surface area contributed by atoms with Crippen LogP contribution in [0.15, 0.2) is 30.3 Å². The van der Waals surface area contributed by atoms with Gasteiger partial charge in [0.2, 0.25) is 5.91 Å². The second-order valence-electron chi connectivity index (χ2n) is 5.39. The molecule has 7 heteroatoms. The van der Waals surface area contributed by atoms with E-state index in [1.807, 2.05) is 30.3 Å². The maximum atomic E-state index is 12.1. The molecule has 7 nitrogen and oxygen atoms in total. The smallest absolute Gasteiger partial charge is 0.336 e. The summed E-state index contributed by atoms with van der Waals surface area (Å²) in [6, 6.07) is 9.57. The summed E-state index contributed by atoms with van der Waals surface area (Å²) in [5.41, 5.74) is 3.67. The average Bonchev–Trinajstić information content (AvgIpc) is 2.58. The second kappa shape index (κ2) is 8.17. The number of urea groups is 1. The van der Waals surface area contributed by atoms with Gasteiger partial charge in [-0.15, -0.1) is 0 Å². The number of methoxy groups -OCH3 is 1. The van der Waals surface area contributed by atoms with E-state index in [1.54, 1.807) is 0 Å². The summed E-state index contributed by atoms with van der Waals surface area (Å²) in [5.74, 6) is -1.48. The van der Waals surface area contributed by atoms with Gasteiger partial charge in [-0.2, -0.15) is 0 Å². The van der Waals surface area contributed by atoms with Gasteiger partial charge in [-0.25, -0.2) is 9.80 Å². The highest BCUT2D eigenvalue weighted by Crippen LogP contribution is 2.12. The van der Waals surface area contributed by atoms with Gasteiger partial charge in [-0.3, -0.25) is 15.0 Å². The molecule has 1 heterocycles. The molecule has 2 rings (SSSR count). The second-order valence-corrected chi connectivity index (χ2v) is 5.39. The number of hydrogen-bond acceptors (Lipinski definition) is 4. The number of nitrogens with zero attached hydrogens (tertiary/aromatic N) is 1. The van der Waals surface area contributed by atoms with E-state index in [9.17, 15) is 14.4 Å². The molecular formula is C16H21N3O4. The average molecular weight is 319 g/mol. The third kappa shape index (κ3) is 4.98. The van der Waals surface area contributed by atoms with Crippen molar-refractivity contribution in [1.29, 1.82) is 0 Å². The molecule has 1 saturated heterocycles. The van der Waals surface area contributed by atoms with Crippen molar-refractivity contribution in [2.45, 2.75) is 19.3 Å². The molecule has 0 radical (unpaired) electrons. The molecule has 2 N–H and O–H groups in total. The number of ether oxygens (including phenoxy) is 1. The number of carbonyl (C=O) groups excluding carboxylic acids is 3. The molecular weight excluding hydrogens is 298 g/mol. The van der Waals surface area contributed by atoms with Crippen molar-refractivity contribution in [3.63, 3.8) is 0 Å². The SMILES string of the molecule is COC(=O)C1CC(=O)NN(C(=O)NCCCc2ccccc2)C1. The molecule has 1 aliphatic rings. The monoisotopic (exact) mass is 319 g/mol. The van der Waals surface area contributed by atoms with Crippen molar-refractivity contribution >= 4 is 17.9 Å². The van der Waals surface area contributed by atoms with Crippen LogP contribution in [-0.2, 0) is 20.7 Å². The number of amides is 3. The molecule has 3 amide bonds. The standard InChI is InChI=1S/C16H21N3O4/c1-23-15(21)13-10-14(20)18-19(11-13)16(22)17-9-5-8-12-6-3-2-4-7-12/h2-4,6-7,13H,5,8-11H2,1H3,(H,17,22)(H,18,20). The summed E-state index contributed by atoms with van der Waals surface area (Å²) in [4.78, 5) is 35.2. The topological polar surface area (TPSA) is 87.7 Å². The zero-order chi connectivity index (χ0) is 16.7. The van der Waals surface area contributed by atoms with Crippen molar-refractivity contribution in [3.05, 3.63) is 35.9 Å². The number of hydrazine groups is 1. The molecule has 0 aromatic heterocycles. The van der Waals surface area contributed by atoms with Gasteiger partial charge >= 0.3 is 12.0 Å². The fourth-order valence-corrected chi connectivity index (χ4v) is 2.44. The number of rotatable bonds is 5. The Balaban J connectivity index is 1.76. The molecule has 1 aliphatic heterocycles. The largest absolute Gasteiger partial charge is 0.469 e. The minimum absolute atomic E-state index is 0.0322. The molecule has 1 aromatic carbocycles. The quantitative estimate of drug-likeness (QED) is 0.622. The highest BCUT2D eigenvalue weighted by Gasteiger charge is 2.33. The van der Waals surface area contributed by atoms with Gasteiger partial charge in [0, 0.05) is 13.0 Å². The Morgan fingerprint density at radius 3 is 2.78 bits per heavy atom. The minimum atomic E-state index is -0.621. The lowest BCUT2D eigenvalue weighted by atomic mass is 10.0. The molecule has 0 bridgehead atoms. The third-order valence-electron chi connectivity index (χ3n) is 3.64. The van der Waals surface area contributed by atoms with Crippen LogP contribution in [0.25, 0.3) is 0 Å². The van der Waals surface area contributed by atoms with Crippen LogP contribution in [0.3, 0.4) is 0 Å². The Hall–Kier alpha value is -2.57. The summed E-state index contributed by atoms with van der Waals surface area (Å²) in [7, 11) is 1.27. The van der Waals surface area contributed by atoms with Crippen molar-refractivity contribution in [3.8, 4) is 0 Å². The predicted octanol–water partition coefficient (Wildman–Crippen LogP) is 0.855. The maximum Gasteiger partial charge on any atom is 0.336 e. The lowest BCUT2D eigenvalue weighted by molar-refractivity contribution is -0.151. The molecule has 0 saturated carbocycles. The van der Waals surface area contributed by atoms with Gasteiger partial charge in [0.25, 0.3) is 0 Å². The van der Waals surface area contributed by atoms with Crippen molar-refractivity contribution in [2.24, 2.45) is 5.92 Å². The first kappa shape index (κ1) is 16.8. The normalized spacial score (nSPS) is 17.3. The van der Waals surface area contributed by atoms with Crippen molar-refractivity contribution < 1.29 is 19.1 Å². The first-order valence-corrected chi connectivity index (χ1v) is 7.56. The van der Waals surface area contributed by atoms with Crippen LogP contribution in [0.4, 0.5) is 4.79 Å². The van der Waals surface area contributed by atoms with Crippen LogP contribution in [0, 0.1) is 5.92 Å². The Kier molecular flexibility index (Phi) is 5.96. The van der Waals surface area contributed by atoms with Gasteiger partial charge in [0.15, 0.2) is 0 Å². The number of nitrogens with one attached hydrogen (secondary N) is 2. The van der Waals surface area contributed by atoms with E-state index in [0.29, 0.717) is 6.54 Å². The van der Waals surface area contributed by atoms with Gasteiger partial charge < -0.3 is 10.1 Å². The number of aryl methyl sites for hydroxylation is 1. The van der Waals surface area contributed by atoms with E-state index in [2.05, 4.69) is 15.5 Å². The molecule has 0 aliphatic carbocycles. The van der Waals surface area contributed by atoms with Gasteiger partial charge in [-0.05, 0) is 18.4 Å². The summed E-state index contributed by atoms with van der Waals surface area (Å²) in [5, 5.41) is 3.88. The van der Waals surface area contributed by atoms with E-state index < -0.39 is 17.9 Å². The lowest BCUT2D eigenvalue weighted by Gasteiger charge is -2.31. The van der Waals surface area contributed by atoms with Gasteiger partial charge in [0.05, 0.1) is 19.6 Å². The molecule has 1 aromatic rings. The Bertz CT molecular complexity index is 562. The zero-order valence-corrected chi connectivity index (χ0v) is 13.1. The molecule has 23 heavy (non-hydrogen) atoms. The number of carbonyl (C=O) groups is 3. The van der Waals surface area contributed by atoms with Crippen LogP contribution in [-0.4, -0.2) is 43.1 Å². The van der Waals surface area contributed by atoms with Crippen LogP contribution in [0.1, 0.15) is 18.4 Å².